The Kier molecular flexibility index (Phi) is 5.17. The van der Waals surface area contributed by atoms with Crippen molar-refractivity contribution >= 4 is 33.6 Å². The van der Waals surface area contributed by atoms with Crippen molar-refractivity contribution in [3.8, 4) is 0 Å². The SMILES string of the molecule is O=C(O)CCC1CCN(C(=O)Nc2ccc(Br)c(F)c2)C1. The summed E-state index contributed by atoms with van der Waals surface area (Å²) in [5.41, 5.74) is 0.398. The molecular weight excluding hydrogens is 343 g/mol. The highest BCUT2D eigenvalue weighted by atomic mass is 79.9. The van der Waals surface area contributed by atoms with Crippen molar-refractivity contribution in [3.63, 3.8) is 0 Å². The normalized spacial score (nSPS) is 17.8. The fourth-order valence-electron chi connectivity index (χ4n) is 2.36. The molecule has 0 radical (unpaired) electrons. The van der Waals surface area contributed by atoms with Crippen LogP contribution >= 0.6 is 15.9 Å². The quantitative estimate of drug-likeness (QED) is 0.867. The van der Waals surface area contributed by atoms with Crippen molar-refractivity contribution in [2.75, 3.05) is 18.4 Å². The Balaban J connectivity index is 1.86. The van der Waals surface area contributed by atoms with E-state index in [0.29, 0.717) is 29.7 Å². The molecule has 1 aromatic rings. The first-order valence-corrected chi connectivity index (χ1v) is 7.48. The van der Waals surface area contributed by atoms with E-state index in [1.165, 1.54) is 12.1 Å². The second kappa shape index (κ2) is 6.89. The number of benzene rings is 1. The molecular formula is C14H16BrFN2O3. The van der Waals surface area contributed by atoms with Gasteiger partial charge in [-0.2, -0.15) is 0 Å². The summed E-state index contributed by atoms with van der Waals surface area (Å²) < 4.78 is 13.7. The van der Waals surface area contributed by atoms with E-state index in [4.69, 9.17) is 5.11 Å². The lowest BCUT2D eigenvalue weighted by Crippen LogP contribution is -2.33. The summed E-state index contributed by atoms with van der Waals surface area (Å²) in [4.78, 5) is 24.2. The molecule has 114 valence electrons. The second-order valence-corrected chi connectivity index (χ2v) is 5.95. The number of likely N-dealkylation sites (tertiary alicyclic amines) is 1. The highest BCUT2D eigenvalue weighted by Gasteiger charge is 2.26. The minimum Gasteiger partial charge on any atom is -0.481 e. The van der Waals surface area contributed by atoms with E-state index in [1.54, 1.807) is 11.0 Å². The molecule has 0 bridgehead atoms. The minimum absolute atomic E-state index is 0.123. The summed E-state index contributed by atoms with van der Waals surface area (Å²) in [5.74, 6) is -1.04. The van der Waals surface area contributed by atoms with Gasteiger partial charge in [0.05, 0.1) is 4.47 Å². The second-order valence-electron chi connectivity index (χ2n) is 5.09. The van der Waals surface area contributed by atoms with Crippen molar-refractivity contribution < 1.29 is 19.1 Å². The highest BCUT2D eigenvalue weighted by Crippen LogP contribution is 2.23. The van der Waals surface area contributed by atoms with Gasteiger partial charge in [0, 0.05) is 25.2 Å². The van der Waals surface area contributed by atoms with Crippen LogP contribution in [0.5, 0.6) is 0 Å². The number of carbonyl (C=O) groups is 2. The maximum Gasteiger partial charge on any atom is 0.321 e. The lowest BCUT2D eigenvalue weighted by molar-refractivity contribution is -0.137. The topological polar surface area (TPSA) is 69.6 Å². The van der Waals surface area contributed by atoms with E-state index in [-0.39, 0.29) is 18.4 Å². The van der Waals surface area contributed by atoms with E-state index in [1.807, 2.05) is 0 Å². The molecule has 5 nitrogen and oxygen atoms in total. The number of urea groups is 1. The Morgan fingerprint density at radius 2 is 2.24 bits per heavy atom. The maximum absolute atomic E-state index is 13.4. The van der Waals surface area contributed by atoms with E-state index < -0.39 is 11.8 Å². The van der Waals surface area contributed by atoms with Crippen molar-refractivity contribution in [1.82, 2.24) is 4.90 Å². The van der Waals surface area contributed by atoms with Crippen LogP contribution in [0.1, 0.15) is 19.3 Å². The fourth-order valence-corrected chi connectivity index (χ4v) is 2.60. The Bertz CT molecular complexity index is 553. The summed E-state index contributed by atoms with van der Waals surface area (Å²) in [6.07, 6.45) is 1.50. The maximum atomic E-state index is 13.4. The van der Waals surface area contributed by atoms with E-state index >= 15 is 0 Å². The van der Waals surface area contributed by atoms with Gasteiger partial charge in [0.25, 0.3) is 0 Å². The van der Waals surface area contributed by atoms with Crippen LogP contribution in [-0.2, 0) is 4.79 Å². The van der Waals surface area contributed by atoms with Gasteiger partial charge < -0.3 is 15.3 Å². The summed E-state index contributed by atoms with van der Waals surface area (Å²) in [7, 11) is 0. The lowest BCUT2D eigenvalue weighted by Gasteiger charge is -2.17. The van der Waals surface area contributed by atoms with E-state index in [2.05, 4.69) is 21.2 Å². The number of nitrogens with one attached hydrogen (secondary N) is 1. The molecule has 2 amide bonds. The zero-order valence-electron chi connectivity index (χ0n) is 11.3. The van der Waals surface area contributed by atoms with Crippen LogP contribution in [0.3, 0.4) is 0 Å². The number of rotatable bonds is 4. The number of carboxylic acid groups (broad SMARTS) is 1. The lowest BCUT2D eigenvalue weighted by atomic mass is 10.0. The van der Waals surface area contributed by atoms with Crippen LogP contribution in [-0.4, -0.2) is 35.1 Å². The van der Waals surface area contributed by atoms with Crippen LogP contribution in [0.25, 0.3) is 0 Å². The van der Waals surface area contributed by atoms with Gasteiger partial charge in [-0.05, 0) is 52.9 Å². The number of hydrogen-bond donors (Lipinski definition) is 2. The molecule has 1 aliphatic heterocycles. The Labute approximate surface area is 130 Å². The molecule has 1 atom stereocenters. The van der Waals surface area contributed by atoms with Gasteiger partial charge in [0.1, 0.15) is 5.82 Å². The van der Waals surface area contributed by atoms with Gasteiger partial charge in [-0.3, -0.25) is 4.79 Å². The average Bonchev–Trinajstić information content (AvgIpc) is 2.89. The Morgan fingerprint density at radius 3 is 2.90 bits per heavy atom. The molecule has 1 aromatic carbocycles. The Hall–Kier alpha value is -1.63. The van der Waals surface area contributed by atoms with Crippen LogP contribution < -0.4 is 5.32 Å². The number of carbonyl (C=O) groups excluding carboxylic acids is 1. The predicted molar refractivity (Wildman–Crippen MR) is 79.7 cm³/mol. The molecule has 1 heterocycles. The largest absolute Gasteiger partial charge is 0.481 e. The molecule has 1 fully saturated rings. The van der Waals surface area contributed by atoms with Gasteiger partial charge in [0.15, 0.2) is 0 Å². The molecule has 0 aliphatic carbocycles. The number of carboxylic acids is 1. The first-order chi connectivity index (χ1) is 9.95. The fraction of sp³-hybridized carbons (Fsp3) is 0.429. The van der Waals surface area contributed by atoms with Gasteiger partial charge >= 0.3 is 12.0 Å². The molecule has 0 spiro atoms. The van der Waals surface area contributed by atoms with Crippen molar-refractivity contribution in [1.29, 1.82) is 0 Å². The molecule has 0 aromatic heterocycles. The molecule has 1 saturated heterocycles. The standard InChI is InChI=1S/C14H16BrFN2O3/c15-11-3-2-10(7-12(11)16)17-14(21)18-6-5-9(8-18)1-4-13(19)20/h2-3,7,9H,1,4-6,8H2,(H,17,21)(H,19,20). The molecule has 2 rings (SSSR count). The molecule has 1 unspecified atom stereocenters. The summed E-state index contributed by atoms with van der Waals surface area (Å²) >= 11 is 3.05. The number of halogens is 2. The monoisotopic (exact) mass is 358 g/mol. The molecule has 0 saturated carbocycles. The first-order valence-electron chi connectivity index (χ1n) is 6.68. The van der Waals surface area contributed by atoms with Crippen molar-refractivity contribution in [2.24, 2.45) is 5.92 Å². The zero-order chi connectivity index (χ0) is 15.4. The number of amides is 2. The van der Waals surface area contributed by atoms with Crippen LogP contribution in [0, 0.1) is 11.7 Å². The smallest absolute Gasteiger partial charge is 0.321 e. The summed E-state index contributed by atoms with van der Waals surface area (Å²) in [6, 6.07) is 4.11. The first kappa shape index (κ1) is 15.8. The number of nitrogens with zero attached hydrogens (tertiary/aromatic N) is 1. The predicted octanol–water partition coefficient (Wildman–Crippen LogP) is 3.31. The number of hydrogen-bond acceptors (Lipinski definition) is 2. The summed E-state index contributed by atoms with van der Waals surface area (Å²) in [6.45, 7) is 1.13. The van der Waals surface area contributed by atoms with Crippen molar-refractivity contribution in [2.45, 2.75) is 19.3 Å². The average molecular weight is 359 g/mol. The van der Waals surface area contributed by atoms with E-state index in [0.717, 1.165) is 6.42 Å². The van der Waals surface area contributed by atoms with Gasteiger partial charge in [-0.1, -0.05) is 0 Å². The highest BCUT2D eigenvalue weighted by molar-refractivity contribution is 9.10. The van der Waals surface area contributed by atoms with E-state index in [9.17, 15) is 14.0 Å². The van der Waals surface area contributed by atoms with Gasteiger partial charge in [0.2, 0.25) is 0 Å². The van der Waals surface area contributed by atoms with Crippen LogP contribution in [0.15, 0.2) is 22.7 Å². The minimum atomic E-state index is -0.816. The van der Waals surface area contributed by atoms with Crippen LogP contribution in [0.4, 0.5) is 14.9 Å². The third-order valence-corrected chi connectivity index (χ3v) is 4.15. The van der Waals surface area contributed by atoms with Crippen molar-refractivity contribution in [3.05, 3.63) is 28.5 Å². The van der Waals surface area contributed by atoms with Gasteiger partial charge in [-0.25, -0.2) is 9.18 Å². The zero-order valence-corrected chi connectivity index (χ0v) is 12.9. The number of anilines is 1. The molecule has 21 heavy (non-hydrogen) atoms. The molecule has 7 heteroatoms. The third-order valence-electron chi connectivity index (χ3n) is 3.51. The van der Waals surface area contributed by atoms with Gasteiger partial charge in [-0.15, -0.1) is 0 Å². The molecule has 1 aliphatic rings. The number of aliphatic carboxylic acids is 1. The third kappa shape index (κ3) is 4.42. The van der Waals surface area contributed by atoms with Crippen LogP contribution in [0.2, 0.25) is 0 Å². The molecule has 2 N–H and O–H groups in total. The summed E-state index contributed by atoms with van der Waals surface area (Å²) in [5, 5.41) is 11.3. The Morgan fingerprint density at radius 1 is 1.48 bits per heavy atom.